The zero-order valence-electron chi connectivity index (χ0n) is 12.1. The Hall–Kier alpha value is -1.78. The first-order valence-corrected chi connectivity index (χ1v) is 6.85. The lowest BCUT2D eigenvalue weighted by Gasteiger charge is -2.23. The Balaban J connectivity index is 1.94. The lowest BCUT2D eigenvalue weighted by Crippen LogP contribution is -2.42. The second-order valence-corrected chi connectivity index (χ2v) is 6.06. The highest BCUT2D eigenvalue weighted by Gasteiger charge is 2.21. The zero-order valence-corrected chi connectivity index (χ0v) is 12.1. The van der Waals surface area contributed by atoms with Crippen LogP contribution in [0.2, 0.25) is 0 Å². The second kappa shape index (κ2) is 5.69. The van der Waals surface area contributed by atoms with E-state index in [2.05, 4.69) is 10.6 Å². The molecule has 1 amide bonds. The minimum atomic E-state index is -0.506. The van der Waals surface area contributed by atoms with Crippen molar-refractivity contribution in [3.8, 4) is 0 Å². The third-order valence-electron chi connectivity index (χ3n) is 3.09. The maximum Gasteiger partial charge on any atom is 0.407 e. The van der Waals surface area contributed by atoms with Crippen LogP contribution in [0.4, 0.5) is 14.9 Å². The van der Waals surface area contributed by atoms with E-state index in [1.807, 2.05) is 20.8 Å². The van der Waals surface area contributed by atoms with Crippen molar-refractivity contribution in [1.29, 1.82) is 0 Å². The van der Waals surface area contributed by atoms with Gasteiger partial charge in [-0.2, -0.15) is 0 Å². The van der Waals surface area contributed by atoms with E-state index >= 15 is 0 Å². The summed E-state index contributed by atoms with van der Waals surface area (Å²) in [6, 6.07) is 4.69. The molecule has 0 saturated carbocycles. The average Bonchev–Trinajstić information content (AvgIpc) is 2.49. The number of fused-ring (bicyclic) bond motifs is 1. The molecule has 0 saturated heterocycles. The van der Waals surface area contributed by atoms with Crippen LogP contribution in [0.15, 0.2) is 18.2 Å². The molecule has 110 valence electrons. The van der Waals surface area contributed by atoms with Gasteiger partial charge >= 0.3 is 6.09 Å². The van der Waals surface area contributed by atoms with Crippen molar-refractivity contribution in [3.05, 3.63) is 29.6 Å². The summed E-state index contributed by atoms with van der Waals surface area (Å²) in [5, 5.41) is 6.08. The fraction of sp³-hybridized carbons (Fsp3) is 0.533. The molecule has 0 fully saturated rings. The fourth-order valence-electron chi connectivity index (χ4n) is 2.20. The van der Waals surface area contributed by atoms with Gasteiger partial charge in [0.15, 0.2) is 0 Å². The summed E-state index contributed by atoms with van der Waals surface area (Å²) in [7, 11) is 0. The third kappa shape index (κ3) is 4.11. The Kier molecular flexibility index (Phi) is 4.16. The van der Waals surface area contributed by atoms with Crippen LogP contribution in [0.25, 0.3) is 0 Å². The van der Waals surface area contributed by atoms with Crippen molar-refractivity contribution in [2.75, 3.05) is 11.9 Å². The Morgan fingerprint density at radius 2 is 2.20 bits per heavy atom. The molecule has 0 bridgehead atoms. The number of alkyl carbamates (subject to hydrolysis) is 1. The number of ether oxygens (including phenoxy) is 1. The summed E-state index contributed by atoms with van der Waals surface area (Å²) >= 11 is 0. The van der Waals surface area contributed by atoms with Gasteiger partial charge in [0.2, 0.25) is 0 Å². The van der Waals surface area contributed by atoms with Crippen LogP contribution in [-0.4, -0.2) is 24.3 Å². The van der Waals surface area contributed by atoms with Gasteiger partial charge in [0.1, 0.15) is 11.4 Å². The van der Waals surface area contributed by atoms with Gasteiger partial charge in [-0.1, -0.05) is 0 Å². The maximum absolute atomic E-state index is 13.2. The van der Waals surface area contributed by atoms with Crippen LogP contribution in [0, 0.1) is 5.82 Å². The molecule has 1 unspecified atom stereocenters. The highest BCUT2D eigenvalue weighted by atomic mass is 19.1. The Morgan fingerprint density at radius 3 is 2.90 bits per heavy atom. The summed E-state index contributed by atoms with van der Waals surface area (Å²) in [5.41, 5.74) is 1.37. The maximum atomic E-state index is 13.2. The molecule has 1 aliphatic heterocycles. The predicted octanol–water partition coefficient (Wildman–Crippen LogP) is 3.08. The van der Waals surface area contributed by atoms with Gasteiger partial charge in [0, 0.05) is 18.3 Å². The molecule has 1 aromatic rings. The summed E-state index contributed by atoms with van der Waals surface area (Å²) in [5.74, 6) is -0.232. The van der Waals surface area contributed by atoms with Crippen LogP contribution in [0.5, 0.6) is 0 Å². The Bertz CT molecular complexity index is 497. The molecule has 0 radical (unpaired) electrons. The monoisotopic (exact) mass is 280 g/mol. The number of hydrogen-bond donors (Lipinski definition) is 2. The highest BCUT2D eigenvalue weighted by molar-refractivity contribution is 5.68. The highest BCUT2D eigenvalue weighted by Crippen LogP contribution is 2.22. The molecule has 0 aliphatic carbocycles. The quantitative estimate of drug-likeness (QED) is 0.831. The smallest absolute Gasteiger partial charge is 0.407 e. The summed E-state index contributed by atoms with van der Waals surface area (Å²) in [6.07, 6.45) is 1.06. The van der Waals surface area contributed by atoms with Crippen molar-refractivity contribution in [3.63, 3.8) is 0 Å². The van der Waals surface area contributed by atoms with E-state index in [0.717, 1.165) is 24.1 Å². The summed E-state index contributed by atoms with van der Waals surface area (Å²) in [4.78, 5) is 11.7. The lowest BCUT2D eigenvalue weighted by molar-refractivity contribution is 0.0505. The number of carbonyl (C=O) groups is 1. The Morgan fingerprint density at radius 1 is 1.45 bits per heavy atom. The van der Waals surface area contributed by atoms with Crippen molar-refractivity contribution in [2.45, 2.75) is 45.3 Å². The zero-order chi connectivity index (χ0) is 14.8. The van der Waals surface area contributed by atoms with Crippen molar-refractivity contribution in [2.24, 2.45) is 0 Å². The number of hydrogen-bond acceptors (Lipinski definition) is 3. The van der Waals surface area contributed by atoms with Gasteiger partial charge in [0.05, 0.1) is 0 Å². The first-order valence-electron chi connectivity index (χ1n) is 6.85. The molecule has 20 heavy (non-hydrogen) atoms. The van der Waals surface area contributed by atoms with E-state index in [4.69, 9.17) is 4.74 Å². The van der Waals surface area contributed by atoms with Crippen LogP contribution < -0.4 is 10.6 Å². The molecular weight excluding hydrogens is 259 g/mol. The number of rotatable bonds is 1. The van der Waals surface area contributed by atoms with Gasteiger partial charge in [-0.3, -0.25) is 0 Å². The number of anilines is 1. The molecule has 1 heterocycles. The molecule has 2 N–H and O–H groups in total. The van der Waals surface area contributed by atoms with Crippen LogP contribution in [0.3, 0.4) is 0 Å². The number of benzene rings is 1. The van der Waals surface area contributed by atoms with Crippen LogP contribution >= 0.6 is 0 Å². The third-order valence-corrected chi connectivity index (χ3v) is 3.09. The molecule has 5 heteroatoms. The van der Waals surface area contributed by atoms with E-state index in [1.54, 1.807) is 6.07 Å². The normalized spacial score (nSPS) is 18.5. The van der Waals surface area contributed by atoms with E-state index in [0.29, 0.717) is 6.54 Å². The van der Waals surface area contributed by atoms with Crippen LogP contribution in [-0.2, 0) is 11.2 Å². The van der Waals surface area contributed by atoms with Gasteiger partial charge < -0.3 is 15.4 Å². The molecule has 1 aromatic carbocycles. The predicted molar refractivity (Wildman–Crippen MR) is 76.4 cm³/mol. The molecule has 1 atom stereocenters. The van der Waals surface area contributed by atoms with E-state index < -0.39 is 11.7 Å². The van der Waals surface area contributed by atoms with Crippen molar-refractivity contribution < 1.29 is 13.9 Å². The Labute approximate surface area is 118 Å². The molecule has 0 spiro atoms. The topological polar surface area (TPSA) is 50.4 Å². The number of amides is 1. The van der Waals surface area contributed by atoms with E-state index in [-0.39, 0.29) is 11.9 Å². The number of nitrogens with one attached hydrogen (secondary N) is 2. The molecule has 0 aromatic heterocycles. The molecule has 2 rings (SSSR count). The van der Waals surface area contributed by atoms with Gasteiger partial charge in [-0.15, -0.1) is 0 Å². The standard InChI is InChI=1S/C15H21FN2O2/c1-15(2,3)20-14(19)18-12-6-4-10-8-11(16)5-7-13(10)17-9-12/h5,7-8,12,17H,4,6,9H2,1-3H3,(H,18,19). The lowest BCUT2D eigenvalue weighted by atomic mass is 10.1. The minimum absolute atomic E-state index is 0.0275. The minimum Gasteiger partial charge on any atom is -0.444 e. The first kappa shape index (κ1) is 14.6. The molecule has 4 nitrogen and oxygen atoms in total. The van der Waals surface area contributed by atoms with Gasteiger partial charge in [-0.25, -0.2) is 9.18 Å². The van der Waals surface area contributed by atoms with Crippen LogP contribution in [0.1, 0.15) is 32.8 Å². The van der Waals surface area contributed by atoms with E-state index in [1.165, 1.54) is 12.1 Å². The van der Waals surface area contributed by atoms with Crippen molar-refractivity contribution in [1.82, 2.24) is 5.32 Å². The number of carbonyl (C=O) groups excluding carboxylic acids is 1. The number of halogens is 1. The largest absolute Gasteiger partial charge is 0.444 e. The van der Waals surface area contributed by atoms with Gasteiger partial charge in [-0.05, 0) is 57.4 Å². The second-order valence-electron chi connectivity index (χ2n) is 6.06. The average molecular weight is 280 g/mol. The van der Waals surface area contributed by atoms with Gasteiger partial charge in [0.25, 0.3) is 0 Å². The summed E-state index contributed by atoms with van der Waals surface area (Å²) < 4.78 is 18.4. The first-order chi connectivity index (χ1) is 9.33. The fourth-order valence-corrected chi connectivity index (χ4v) is 2.20. The number of aryl methyl sites for hydroxylation is 1. The summed E-state index contributed by atoms with van der Waals surface area (Å²) in [6.45, 7) is 6.10. The molecular formula is C15H21FN2O2. The van der Waals surface area contributed by atoms with Crippen molar-refractivity contribution >= 4 is 11.8 Å². The van der Waals surface area contributed by atoms with E-state index in [9.17, 15) is 9.18 Å². The SMILES string of the molecule is CC(C)(C)OC(=O)NC1CCc2cc(F)ccc2NC1. The molecule has 1 aliphatic rings.